The third-order valence-electron chi connectivity index (χ3n) is 6.70. The van der Waals surface area contributed by atoms with Crippen LogP contribution in [0.5, 0.6) is 0 Å². The zero-order chi connectivity index (χ0) is 29.4. The van der Waals surface area contributed by atoms with Gasteiger partial charge >= 0.3 is 0 Å². The molecular weight excluding hydrogens is 522 g/mol. The van der Waals surface area contributed by atoms with Gasteiger partial charge in [-0.25, -0.2) is 8.42 Å². The van der Waals surface area contributed by atoms with Crippen LogP contribution >= 0.6 is 0 Å². The Morgan fingerprint density at radius 3 is 1.95 bits per heavy atom. The smallest absolute Gasteiger partial charge is 0.244 e. The van der Waals surface area contributed by atoms with Crippen molar-refractivity contribution < 1.29 is 18.0 Å². The highest BCUT2D eigenvalue weighted by molar-refractivity contribution is 7.92. The standard InChI is InChI=1S/C32H41N3O4S/c1-23(2)28-16-18-29(19-17-28)35(40(6,38)39)22-31(36)34(21-27-14-12-25(5)13-15-27)30(32(37)33-24(3)4)20-26-10-8-7-9-11-26/h7-19,23-24,30H,20-22H2,1-6H3,(H,33,37). The van der Waals surface area contributed by atoms with E-state index in [1.165, 1.54) is 4.90 Å². The maximum absolute atomic E-state index is 14.1. The van der Waals surface area contributed by atoms with Gasteiger partial charge in [0.2, 0.25) is 21.8 Å². The summed E-state index contributed by atoms with van der Waals surface area (Å²) >= 11 is 0. The van der Waals surface area contributed by atoms with Crippen molar-refractivity contribution in [2.75, 3.05) is 17.1 Å². The van der Waals surface area contributed by atoms with Crippen LogP contribution in [0, 0.1) is 6.92 Å². The number of sulfonamides is 1. The van der Waals surface area contributed by atoms with Crippen LogP contribution in [-0.2, 0) is 32.6 Å². The highest BCUT2D eigenvalue weighted by Gasteiger charge is 2.33. The molecule has 0 bridgehead atoms. The van der Waals surface area contributed by atoms with E-state index in [0.29, 0.717) is 12.1 Å². The van der Waals surface area contributed by atoms with Crippen molar-refractivity contribution >= 4 is 27.5 Å². The van der Waals surface area contributed by atoms with Gasteiger partial charge in [-0.3, -0.25) is 13.9 Å². The summed E-state index contributed by atoms with van der Waals surface area (Å²) in [4.78, 5) is 29.2. The van der Waals surface area contributed by atoms with Crippen molar-refractivity contribution in [3.8, 4) is 0 Å². The maximum Gasteiger partial charge on any atom is 0.244 e. The summed E-state index contributed by atoms with van der Waals surface area (Å²) in [5, 5.41) is 2.96. The van der Waals surface area contributed by atoms with E-state index in [9.17, 15) is 18.0 Å². The highest BCUT2D eigenvalue weighted by atomic mass is 32.2. The summed E-state index contributed by atoms with van der Waals surface area (Å²) in [6.45, 7) is 9.58. The van der Waals surface area contributed by atoms with Crippen molar-refractivity contribution in [3.63, 3.8) is 0 Å². The molecule has 0 radical (unpaired) electrons. The number of carbonyl (C=O) groups excluding carboxylic acids is 2. The summed E-state index contributed by atoms with van der Waals surface area (Å²) in [5.41, 5.74) is 4.30. The fraction of sp³-hybridized carbons (Fsp3) is 0.375. The summed E-state index contributed by atoms with van der Waals surface area (Å²) < 4.78 is 27.0. The van der Waals surface area contributed by atoms with Crippen LogP contribution in [0.3, 0.4) is 0 Å². The first-order valence-corrected chi connectivity index (χ1v) is 15.5. The summed E-state index contributed by atoms with van der Waals surface area (Å²) in [5.74, 6) is -0.462. The van der Waals surface area contributed by atoms with E-state index in [2.05, 4.69) is 19.2 Å². The van der Waals surface area contributed by atoms with Crippen molar-refractivity contribution in [2.45, 2.75) is 65.6 Å². The number of hydrogen-bond donors (Lipinski definition) is 1. The van der Waals surface area contributed by atoms with Crippen LogP contribution < -0.4 is 9.62 Å². The molecule has 8 heteroatoms. The molecule has 3 rings (SSSR count). The maximum atomic E-state index is 14.1. The second-order valence-corrected chi connectivity index (χ2v) is 12.8. The van der Waals surface area contributed by atoms with Gasteiger partial charge in [0.15, 0.2) is 0 Å². The Labute approximate surface area is 239 Å². The molecule has 40 heavy (non-hydrogen) atoms. The van der Waals surface area contributed by atoms with E-state index in [4.69, 9.17) is 0 Å². The van der Waals surface area contributed by atoms with Gasteiger partial charge < -0.3 is 10.2 Å². The Kier molecular flexibility index (Phi) is 10.5. The Balaban J connectivity index is 2.03. The lowest BCUT2D eigenvalue weighted by molar-refractivity contribution is -0.140. The first kappa shape index (κ1) is 30.9. The highest BCUT2D eigenvalue weighted by Crippen LogP contribution is 2.23. The van der Waals surface area contributed by atoms with E-state index in [1.54, 1.807) is 12.1 Å². The van der Waals surface area contributed by atoms with Crippen LogP contribution in [-0.4, -0.2) is 50.0 Å². The molecule has 0 spiro atoms. The number of benzene rings is 3. The Morgan fingerprint density at radius 2 is 1.43 bits per heavy atom. The van der Waals surface area contributed by atoms with Crippen molar-refractivity contribution in [2.24, 2.45) is 0 Å². The molecule has 0 saturated heterocycles. The van der Waals surface area contributed by atoms with Crippen LogP contribution in [0.2, 0.25) is 0 Å². The predicted molar refractivity (Wildman–Crippen MR) is 162 cm³/mol. The average Bonchev–Trinajstić information content (AvgIpc) is 2.89. The molecule has 0 aromatic heterocycles. The van der Waals surface area contributed by atoms with Crippen LogP contribution in [0.4, 0.5) is 5.69 Å². The predicted octanol–water partition coefficient (Wildman–Crippen LogP) is 5.05. The molecule has 0 heterocycles. The second kappa shape index (κ2) is 13.6. The Morgan fingerprint density at radius 1 is 0.825 bits per heavy atom. The lowest BCUT2D eigenvalue weighted by Crippen LogP contribution is -2.54. The molecule has 3 aromatic rings. The quantitative estimate of drug-likeness (QED) is 0.334. The summed E-state index contributed by atoms with van der Waals surface area (Å²) in [6, 6.07) is 23.5. The lowest BCUT2D eigenvalue weighted by Gasteiger charge is -2.34. The molecule has 1 atom stereocenters. The van der Waals surface area contributed by atoms with Crippen molar-refractivity contribution in [3.05, 3.63) is 101 Å². The fourth-order valence-electron chi connectivity index (χ4n) is 4.46. The number of rotatable bonds is 12. The minimum absolute atomic E-state index is 0.130. The molecule has 2 amide bonds. The normalized spacial score (nSPS) is 12.3. The lowest BCUT2D eigenvalue weighted by atomic mass is 10.0. The minimum Gasteiger partial charge on any atom is -0.352 e. The van der Waals surface area contributed by atoms with Gasteiger partial charge in [-0.15, -0.1) is 0 Å². The Bertz CT molecular complexity index is 1370. The molecule has 0 aliphatic heterocycles. The molecule has 0 aliphatic rings. The van der Waals surface area contributed by atoms with Gasteiger partial charge in [0, 0.05) is 19.0 Å². The van der Waals surface area contributed by atoms with Gasteiger partial charge in [0.05, 0.1) is 11.9 Å². The molecule has 214 valence electrons. The average molecular weight is 564 g/mol. The van der Waals surface area contributed by atoms with E-state index in [-0.39, 0.29) is 24.4 Å². The van der Waals surface area contributed by atoms with E-state index >= 15 is 0 Å². The van der Waals surface area contributed by atoms with E-state index in [1.807, 2.05) is 87.5 Å². The first-order chi connectivity index (χ1) is 18.8. The van der Waals surface area contributed by atoms with Crippen molar-refractivity contribution in [1.82, 2.24) is 10.2 Å². The number of anilines is 1. The number of aryl methyl sites for hydroxylation is 1. The number of nitrogens with one attached hydrogen (secondary N) is 1. The molecule has 0 fully saturated rings. The number of nitrogens with zero attached hydrogens (tertiary/aromatic N) is 2. The molecule has 7 nitrogen and oxygen atoms in total. The van der Waals surface area contributed by atoms with Gasteiger partial charge in [-0.05, 0) is 55.5 Å². The summed E-state index contributed by atoms with van der Waals surface area (Å²) in [7, 11) is -3.80. The van der Waals surface area contributed by atoms with E-state index < -0.39 is 28.5 Å². The molecule has 0 aliphatic carbocycles. The van der Waals surface area contributed by atoms with Gasteiger partial charge in [0.25, 0.3) is 0 Å². The van der Waals surface area contributed by atoms with Crippen molar-refractivity contribution in [1.29, 1.82) is 0 Å². The molecule has 3 aromatic carbocycles. The molecule has 1 N–H and O–H groups in total. The largest absolute Gasteiger partial charge is 0.352 e. The Hall–Kier alpha value is -3.65. The van der Waals surface area contributed by atoms with Crippen LogP contribution in [0.15, 0.2) is 78.9 Å². The third kappa shape index (κ3) is 8.68. The zero-order valence-corrected chi connectivity index (χ0v) is 25.1. The van der Waals surface area contributed by atoms with Gasteiger partial charge in [0.1, 0.15) is 12.6 Å². The molecule has 0 saturated carbocycles. The van der Waals surface area contributed by atoms with Crippen LogP contribution in [0.25, 0.3) is 0 Å². The number of amides is 2. The van der Waals surface area contributed by atoms with Gasteiger partial charge in [-0.2, -0.15) is 0 Å². The minimum atomic E-state index is -3.80. The summed E-state index contributed by atoms with van der Waals surface area (Å²) in [6.07, 6.45) is 1.38. The molecular formula is C32H41N3O4S. The first-order valence-electron chi connectivity index (χ1n) is 13.6. The fourth-order valence-corrected chi connectivity index (χ4v) is 5.31. The monoisotopic (exact) mass is 563 g/mol. The topological polar surface area (TPSA) is 86.8 Å². The second-order valence-electron chi connectivity index (χ2n) is 10.9. The number of hydrogen-bond acceptors (Lipinski definition) is 4. The van der Waals surface area contributed by atoms with Gasteiger partial charge in [-0.1, -0.05) is 86.1 Å². The SMILES string of the molecule is Cc1ccc(CN(C(=O)CN(c2ccc(C(C)C)cc2)S(C)(=O)=O)C(Cc2ccccc2)C(=O)NC(C)C)cc1. The van der Waals surface area contributed by atoms with Crippen LogP contribution in [0.1, 0.15) is 55.9 Å². The van der Waals surface area contributed by atoms with E-state index in [0.717, 1.165) is 32.8 Å². The zero-order valence-electron chi connectivity index (χ0n) is 24.3. The molecule has 1 unspecified atom stereocenters. The third-order valence-corrected chi connectivity index (χ3v) is 7.84. The number of carbonyl (C=O) groups is 2.